The Labute approximate surface area is 67.2 Å². The highest BCUT2D eigenvalue weighted by Crippen LogP contribution is 2.14. The van der Waals surface area contributed by atoms with E-state index < -0.39 is 0 Å². The molecule has 1 heterocycles. The topological polar surface area (TPSA) is 43.8 Å². The van der Waals surface area contributed by atoms with Gasteiger partial charge in [-0.3, -0.25) is 0 Å². The molecule has 1 atom stereocenters. The van der Waals surface area contributed by atoms with Crippen LogP contribution >= 0.6 is 0 Å². The van der Waals surface area contributed by atoms with Crippen molar-refractivity contribution in [2.45, 2.75) is 19.3 Å². The molecule has 62 valence electrons. The van der Waals surface area contributed by atoms with E-state index in [-0.39, 0.29) is 0 Å². The summed E-state index contributed by atoms with van der Waals surface area (Å²) in [5.74, 6) is 1.50. The molecule has 0 aromatic carbocycles. The quantitative estimate of drug-likeness (QED) is 0.700. The molecule has 0 saturated heterocycles. The van der Waals surface area contributed by atoms with Crippen LogP contribution < -0.4 is 5.73 Å². The van der Waals surface area contributed by atoms with Gasteiger partial charge in [-0.1, -0.05) is 6.92 Å². The lowest BCUT2D eigenvalue weighted by Crippen LogP contribution is -2.15. The third kappa shape index (κ3) is 1.60. The maximum absolute atomic E-state index is 5.59. The van der Waals surface area contributed by atoms with E-state index in [2.05, 4.69) is 11.9 Å². The zero-order valence-electron chi connectivity index (χ0n) is 7.12. The Morgan fingerprint density at radius 3 is 2.82 bits per heavy atom. The van der Waals surface area contributed by atoms with E-state index in [1.54, 1.807) is 0 Å². The monoisotopic (exact) mass is 153 g/mol. The minimum absolute atomic E-state index is 0.412. The van der Waals surface area contributed by atoms with Crippen molar-refractivity contribution in [1.82, 2.24) is 9.55 Å². The van der Waals surface area contributed by atoms with Crippen molar-refractivity contribution >= 4 is 0 Å². The predicted octanol–water partition coefficient (Wildman–Crippen LogP) is 0.872. The molecule has 1 aromatic rings. The number of hydrogen-bond acceptors (Lipinski definition) is 2. The number of hydrogen-bond donors (Lipinski definition) is 1. The standard InChI is InChI=1S/C8H15N3/c1-3-7(6-9)8-10-4-5-11(8)2/h4-5,7H,3,6,9H2,1-2H3. The molecule has 0 aliphatic rings. The summed E-state index contributed by atoms with van der Waals surface area (Å²) in [4.78, 5) is 4.24. The molecular formula is C8H15N3. The van der Waals surface area contributed by atoms with Crippen LogP contribution in [0.4, 0.5) is 0 Å². The molecule has 3 heteroatoms. The molecule has 1 rings (SSSR count). The van der Waals surface area contributed by atoms with Crippen molar-refractivity contribution in [2.24, 2.45) is 12.8 Å². The van der Waals surface area contributed by atoms with Crippen LogP contribution in [0.1, 0.15) is 25.1 Å². The summed E-state index contributed by atoms with van der Waals surface area (Å²) in [6.07, 6.45) is 4.82. The first-order valence-corrected chi connectivity index (χ1v) is 3.96. The third-order valence-electron chi connectivity index (χ3n) is 2.00. The van der Waals surface area contributed by atoms with Gasteiger partial charge in [0.25, 0.3) is 0 Å². The summed E-state index contributed by atoms with van der Waals surface area (Å²) >= 11 is 0. The first-order chi connectivity index (χ1) is 5.29. The van der Waals surface area contributed by atoms with E-state index in [9.17, 15) is 0 Å². The highest BCUT2D eigenvalue weighted by Gasteiger charge is 2.10. The SMILES string of the molecule is CCC(CN)c1nccn1C. The van der Waals surface area contributed by atoms with E-state index in [1.165, 1.54) is 0 Å². The van der Waals surface area contributed by atoms with Crippen molar-refractivity contribution < 1.29 is 0 Å². The van der Waals surface area contributed by atoms with E-state index >= 15 is 0 Å². The molecule has 0 radical (unpaired) electrons. The lowest BCUT2D eigenvalue weighted by Gasteiger charge is -2.10. The molecule has 0 aliphatic heterocycles. The minimum atomic E-state index is 0.412. The second-order valence-corrected chi connectivity index (χ2v) is 2.74. The van der Waals surface area contributed by atoms with Gasteiger partial charge in [0.2, 0.25) is 0 Å². The van der Waals surface area contributed by atoms with Gasteiger partial charge in [0.1, 0.15) is 5.82 Å². The number of aromatic nitrogens is 2. The van der Waals surface area contributed by atoms with Gasteiger partial charge in [-0.05, 0) is 6.42 Å². The van der Waals surface area contributed by atoms with Gasteiger partial charge in [0.05, 0.1) is 0 Å². The fraction of sp³-hybridized carbons (Fsp3) is 0.625. The van der Waals surface area contributed by atoms with E-state index in [1.807, 2.05) is 24.0 Å². The number of rotatable bonds is 3. The van der Waals surface area contributed by atoms with Crippen molar-refractivity contribution in [3.63, 3.8) is 0 Å². The third-order valence-corrected chi connectivity index (χ3v) is 2.00. The summed E-state index contributed by atoms with van der Waals surface area (Å²) in [5, 5.41) is 0. The van der Waals surface area contributed by atoms with Gasteiger partial charge in [0.15, 0.2) is 0 Å². The smallest absolute Gasteiger partial charge is 0.112 e. The van der Waals surface area contributed by atoms with E-state index in [0.29, 0.717) is 12.5 Å². The zero-order chi connectivity index (χ0) is 8.27. The van der Waals surface area contributed by atoms with Gasteiger partial charge < -0.3 is 10.3 Å². The van der Waals surface area contributed by atoms with Crippen LogP contribution in [0.25, 0.3) is 0 Å². The van der Waals surface area contributed by atoms with Crippen LogP contribution in [0.15, 0.2) is 12.4 Å². The average Bonchev–Trinajstić information content (AvgIpc) is 2.40. The Hall–Kier alpha value is -0.830. The molecule has 0 fully saturated rings. The Bertz CT molecular complexity index is 213. The molecule has 2 N–H and O–H groups in total. The molecule has 1 aromatic heterocycles. The molecular weight excluding hydrogens is 138 g/mol. The van der Waals surface area contributed by atoms with E-state index in [4.69, 9.17) is 5.73 Å². The summed E-state index contributed by atoms with van der Waals surface area (Å²) in [6, 6.07) is 0. The van der Waals surface area contributed by atoms with Gasteiger partial charge in [-0.15, -0.1) is 0 Å². The Morgan fingerprint density at radius 2 is 2.45 bits per heavy atom. The van der Waals surface area contributed by atoms with Gasteiger partial charge in [-0.25, -0.2) is 4.98 Å². The second kappa shape index (κ2) is 3.53. The van der Waals surface area contributed by atoms with Crippen LogP contribution in [0, 0.1) is 0 Å². The Balaban J connectivity index is 2.81. The van der Waals surface area contributed by atoms with Crippen molar-refractivity contribution in [2.75, 3.05) is 6.54 Å². The first-order valence-electron chi connectivity index (χ1n) is 3.96. The number of nitrogens with two attached hydrogens (primary N) is 1. The van der Waals surface area contributed by atoms with Gasteiger partial charge in [-0.2, -0.15) is 0 Å². The van der Waals surface area contributed by atoms with Crippen LogP contribution in [-0.4, -0.2) is 16.1 Å². The largest absolute Gasteiger partial charge is 0.338 e. The number of nitrogens with zero attached hydrogens (tertiary/aromatic N) is 2. The second-order valence-electron chi connectivity index (χ2n) is 2.74. The lowest BCUT2D eigenvalue weighted by molar-refractivity contribution is 0.603. The van der Waals surface area contributed by atoms with Gasteiger partial charge in [0, 0.05) is 31.9 Å². The van der Waals surface area contributed by atoms with Crippen LogP contribution in [-0.2, 0) is 7.05 Å². The van der Waals surface area contributed by atoms with Crippen molar-refractivity contribution in [3.8, 4) is 0 Å². The van der Waals surface area contributed by atoms with Crippen molar-refractivity contribution in [3.05, 3.63) is 18.2 Å². The normalized spacial score (nSPS) is 13.4. The molecule has 11 heavy (non-hydrogen) atoms. The van der Waals surface area contributed by atoms with Crippen LogP contribution in [0.3, 0.4) is 0 Å². The molecule has 0 aliphatic carbocycles. The summed E-state index contributed by atoms with van der Waals surface area (Å²) in [5.41, 5.74) is 5.59. The predicted molar refractivity (Wildman–Crippen MR) is 45.3 cm³/mol. The number of aryl methyl sites for hydroxylation is 1. The Kier molecular flexibility index (Phi) is 2.65. The number of imidazole rings is 1. The fourth-order valence-electron chi connectivity index (χ4n) is 1.23. The highest BCUT2D eigenvalue weighted by molar-refractivity contribution is 4.99. The first kappa shape index (κ1) is 8.27. The minimum Gasteiger partial charge on any atom is -0.338 e. The molecule has 0 bridgehead atoms. The maximum atomic E-state index is 5.59. The molecule has 0 spiro atoms. The fourth-order valence-corrected chi connectivity index (χ4v) is 1.23. The average molecular weight is 153 g/mol. The summed E-state index contributed by atoms with van der Waals surface area (Å²) in [6.45, 7) is 2.81. The molecule has 1 unspecified atom stereocenters. The molecule has 0 saturated carbocycles. The van der Waals surface area contributed by atoms with Crippen LogP contribution in [0.2, 0.25) is 0 Å². The summed E-state index contributed by atoms with van der Waals surface area (Å²) < 4.78 is 2.03. The lowest BCUT2D eigenvalue weighted by atomic mass is 10.1. The summed E-state index contributed by atoms with van der Waals surface area (Å²) in [7, 11) is 2.00. The van der Waals surface area contributed by atoms with Crippen molar-refractivity contribution in [1.29, 1.82) is 0 Å². The van der Waals surface area contributed by atoms with Gasteiger partial charge >= 0.3 is 0 Å². The Morgan fingerprint density at radius 1 is 1.73 bits per heavy atom. The van der Waals surface area contributed by atoms with E-state index in [0.717, 1.165) is 12.2 Å². The zero-order valence-corrected chi connectivity index (χ0v) is 7.12. The molecule has 3 nitrogen and oxygen atoms in total. The van der Waals surface area contributed by atoms with Crippen LogP contribution in [0.5, 0.6) is 0 Å². The molecule has 0 amide bonds. The maximum Gasteiger partial charge on any atom is 0.112 e. The highest BCUT2D eigenvalue weighted by atomic mass is 15.0.